The number of hydrogen-bond acceptors (Lipinski definition) is 5. The van der Waals surface area contributed by atoms with E-state index >= 15 is 0 Å². The second-order valence-electron chi connectivity index (χ2n) is 4.75. The molecule has 0 amide bonds. The van der Waals surface area contributed by atoms with E-state index in [-0.39, 0.29) is 10.8 Å². The Bertz CT molecular complexity index is 394. The van der Waals surface area contributed by atoms with Gasteiger partial charge in [-0.25, -0.2) is 0 Å². The quantitative estimate of drug-likeness (QED) is 0.633. The number of rotatable bonds is 5. The van der Waals surface area contributed by atoms with Crippen LogP contribution in [0.2, 0.25) is 0 Å². The van der Waals surface area contributed by atoms with Gasteiger partial charge in [0, 0.05) is 10.9 Å². The highest BCUT2D eigenvalue weighted by atomic mass is 32.2. The van der Waals surface area contributed by atoms with Gasteiger partial charge in [-0.15, -0.1) is 0 Å². The lowest BCUT2D eigenvalue weighted by Crippen LogP contribution is -2.41. The standard InChI is InChI=1S/C13H21N3OS/c1-3-17-11-7-10(8-15-9-11)12(16-14)13(2)5-4-6-18-13/h7-9,12,16H,3-6,14H2,1-2H3. The first-order chi connectivity index (χ1) is 8.69. The highest BCUT2D eigenvalue weighted by molar-refractivity contribution is 8.00. The van der Waals surface area contributed by atoms with Gasteiger partial charge in [0.25, 0.3) is 0 Å². The smallest absolute Gasteiger partial charge is 0.137 e. The van der Waals surface area contributed by atoms with Gasteiger partial charge in [-0.2, -0.15) is 11.8 Å². The molecule has 0 radical (unpaired) electrons. The van der Waals surface area contributed by atoms with Crippen molar-refractivity contribution in [3.8, 4) is 5.75 Å². The van der Waals surface area contributed by atoms with E-state index < -0.39 is 0 Å². The molecule has 1 aromatic heterocycles. The molecule has 0 aromatic carbocycles. The lowest BCUT2D eigenvalue weighted by molar-refractivity contribution is 0.336. The maximum Gasteiger partial charge on any atom is 0.137 e. The Morgan fingerprint density at radius 3 is 3.06 bits per heavy atom. The Kier molecular flexibility index (Phi) is 4.48. The number of aromatic nitrogens is 1. The van der Waals surface area contributed by atoms with E-state index in [0.717, 1.165) is 11.3 Å². The van der Waals surface area contributed by atoms with Gasteiger partial charge in [-0.3, -0.25) is 16.3 Å². The average Bonchev–Trinajstić information content (AvgIpc) is 2.79. The van der Waals surface area contributed by atoms with E-state index in [0.29, 0.717) is 6.61 Å². The van der Waals surface area contributed by atoms with Crippen LogP contribution in [0.25, 0.3) is 0 Å². The first-order valence-corrected chi connectivity index (χ1v) is 7.36. The number of nitrogens with two attached hydrogens (primary N) is 1. The third-order valence-corrected chi connectivity index (χ3v) is 5.00. The topological polar surface area (TPSA) is 60.2 Å². The van der Waals surface area contributed by atoms with Crippen LogP contribution < -0.4 is 16.0 Å². The number of ether oxygens (including phenoxy) is 1. The maximum absolute atomic E-state index is 5.76. The van der Waals surface area contributed by atoms with Gasteiger partial charge >= 0.3 is 0 Å². The van der Waals surface area contributed by atoms with Crippen molar-refractivity contribution < 1.29 is 4.74 Å². The minimum absolute atomic E-state index is 0.109. The normalized spacial score (nSPS) is 25.1. The largest absolute Gasteiger partial charge is 0.492 e. The molecule has 1 fully saturated rings. The third kappa shape index (κ3) is 2.79. The molecule has 2 atom stereocenters. The van der Waals surface area contributed by atoms with Crippen LogP contribution in [-0.2, 0) is 0 Å². The van der Waals surface area contributed by atoms with Crippen LogP contribution in [0.4, 0.5) is 0 Å². The number of thioether (sulfide) groups is 1. The van der Waals surface area contributed by atoms with Crippen LogP contribution in [0, 0.1) is 0 Å². The maximum atomic E-state index is 5.76. The first kappa shape index (κ1) is 13.6. The summed E-state index contributed by atoms with van der Waals surface area (Å²) >= 11 is 1.98. The molecular weight excluding hydrogens is 246 g/mol. The fourth-order valence-corrected chi connectivity index (χ4v) is 3.91. The highest BCUT2D eigenvalue weighted by Crippen LogP contribution is 2.46. The van der Waals surface area contributed by atoms with Gasteiger partial charge < -0.3 is 4.74 Å². The predicted octanol–water partition coefficient (Wildman–Crippen LogP) is 2.27. The van der Waals surface area contributed by atoms with Crippen molar-refractivity contribution in [1.82, 2.24) is 10.4 Å². The number of pyridine rings is 1. The molecule has 2 unspecified atom stereocenters. The Labute approximate surface area is 113 Å². The monoisotopic (exact) mass is 267 g/mol. The number of hydrazine groups is 1. The SMILES string of the molecule is CCOc1cncc(C(NN)C2(C)CCCS2)c1. The molecule has 4 nitrogen and oxygen atoms in total. The molecule has 0 aliphatic carbocycles. The van der Waals surface area contributed by atoms with Crippen molar-refractivity contribution in [1.29, 1.82) is 0 Å². The Balaban J connectivity index is 2.24. The summed E-state index contributed by atoms with van der Waals surface area (Å²) in [5.41, 5.74) is 4.05. The van der Waals surface area contributed by atoms with Gasteiger partial charge in [-0.05, 0) is 44.1 Å². The first-order valence-electron chi connectivity index (χ1n) is 6.37. The molecule has 1 aliphatic rings. The van der Waals surface area contributed by atoms with Gasteiger partial charge in [0.15, 0.2) is 0 Å². The summed E-state index contributed by atoms with van der Waals surface area (Å²) in [5.74, 6) is 7.77. The van der Waals surface area contributed by atoms with E-state index in [2.05, 4.69) is 17.3 Å². The molecule has 18 heavy (non-hydrogen) atoms. The van der Waals surface area contributed by atoms with Crippen LogP contribution in [0.15, 0.2) is 18.5 Å². The van der Waals surface area contributed by atoms with Crippen LogP contribution in [-0.4, -0.2) is 22.1 Å². The van der Waals surface area contributed by atoms with E-state index in [4.69, 9.17) is 10.6 Å². The molecule has 3 N–H and O–H groups in total. The van der Waals surface area contributed by atoms with Gasteiger partial charge in [0.1, 0.15) is 5.75 Å². The van der Waals surface area contributed by atoms with E-state index in [1.54, 1.807) is 6.20 Å². The molecule has 0 saturated carbocycles. The summed E-state index contributed by atoms with van der Waals surface area (Å²) in [5, 5.41) is 0. The summed E-state index contributed by atoms with van der Waals surface area (Å²) < 4.78 is 5.64. The fourth-order valence-electron chi connectivity index (χ4n) is 2.49. The summed E-state index contributed by atoms with van der Waals surface area (Å²) in [6, 6.07) is 2.14. The van der Waals surface area contributed by atoms with Crippen LogP contribution >= 0.6 is 11.8 Å². The molecule has 1 saturated heterocycles. The van der Waals surface area contributed by atoms with Crippen molar-refractivity contribution >= 4 is 11.8 Å². The zero-order chi connectivity index (χ0) is 13.0. The van der Waals surface area contributed by atoms with Crippen LogP contribution in [0.5, 0.6) is 5.75 Å². The fraction of sp³-hybridized carbons (Fsp3) is 0.615. The van der Waals surface area contributed by atoms with Crippen molar-refractivity contribution in [3.63, 3.8) is 0 Å². The summed E-state index contributed by atoms with van der Waals surface area (Å²) in [4.78, 5) is 4.24. The second kappa shape index (κ2) is 5.91. The van der Waals surface area contributed by atoms with Gasteiger partial charge in [0.05, 0.1) is 18.8 Å². The zero-order valence-corrected chi connectivity index (χ0v) is 11.8. The molecule has 0 bridgehead atoms. The van der Waals surface area contributed by atoms with Crippen molar-refractivity contribution in [2.24, 2.45) is 5.84 Å². The molecule has 100 valence electrons. The summed E-state index contributed by atoms with van der Waals surface area (Å²) in [6.45, 7) is 4.89. The van der Waals surface area contributed by atoms with Crippen molar-refractivity contribution in [2.75, 3.05) is 12.4 Å². The lowest BCUT2D eigenvalue weighted by Gasteiger charge is -2.33. The lowest BCUT2D eigenvalue weighted by atomic mass is 9.91. The summed E-state index contributed by atoms with van der Waals surface area (Å²) in [7, 11) is 0. The minimum atomic E-state index is 0.109. The van der Waals surface area contributed by atoms with Gasteiger partial charge in [-0.1, -0.05) is 0 Å². The van der Waals surface area contributed by atoms with Crippen LogP contribution in [0.1, 0.15) is 38.3 Å². The molecule has 2 rings (SSSR count). The van der Waals surface area contributed by atoms with Gasteiger partial charge in [0.2, 0.25) is 0 Å². The second-order valence-corrected chi connectivity index (χ2v) is 6.38. The molecule has 2 heterocycles. The Morgan fingerprint density at radius 1 is 1.61 bits per heavy atom. The Morgan fingerprint density at radius 2 is 2.44 bits per heavy atom. The number of hydrogen-bond donors (Lipinski definition) is 2. The average molecular weight is 267 g/mol. The Hall–Kier alpha value is -0.780. The van der Waals surface area contributed by atoms with Crippen molar-refractivity contribution in [2.45, 2.75) is 37.5 Å². The van der Waals surface area contributed by atoms with Crippen LogP contribution in [0.3, 0.4) is 0 Å². The van der Waals surface area contributed by atoms with Crippen molar-refractivity contribution in [3.05, 3.63) is 24.0 Å². The number of nitrogens with zero attached hydrogens (tertiary/aromatic N) is 1. The number of nitrogens with one attached hydrogen (secondary N) is 1. The highest BCUT2D eigenvalue weighted by Gasteiger charge is 2.38. The molecule has 1 aliphatic heterocycles. The zero-order valence-electron chi connectivity index (χ0n) is 11.0. The minimum Gasteiger partial charge on any atom is -0.492 e. The molecule has 5 heteroatoms. The predicted molar refractivity (Wildman–Crippen MR) is 75.6 cm³/mol. The van der Waals surface area contributed by atoms with E-state index in [1.165, 1.54) is 18.6 Å². The van der Waals surface area contributed by atoms with E-state index in [9.17, 15) is 0 Å². The third-order valence-electron chi connectivity index (χ3n) is 3.41. The summed E-state index contributed by atoms with van der Waals surface area (Å²) in [6.07, 6.45) is 6.03. The molecular formula is C13H21N3OS. The molecule has 1 aromatic rings. The van der Waals surface area contributed by atoms with E-state index in [1.807, 2.05) is 30.9 Å². The molecule has 0 spiro atoms.